The highest BCUT2D eigenvalue weighted by atomic mass is 16.1. The summed E-state index contributed by atoms with van der Waals surface area (Å²) in [6, 6.07) is 8.62. The van der Waals surface area contributed by atoms with E-state index in [0.717, 1.165) is 38.8 Å². The fourth-order valence-electron chi connectivity index (χ4n) is 3.48. The lowest BCUT2D eigenvalue weighted by Crippen LogP contribution is -2.21. The van der Waals surface area contributed by atoms with Crippen molar-refractivity contribution in [1.82, 2.24) is 0 Å². The van der Waals surface area contributed by atoms with Gasteiger partial charge in [0.1, 0.15) is 0 Å². The average molecular weight is 256 g/mol. The molecule has 3 nitrogen and oxygen atoms in total. The van der Waals surface area contributed by atoms with Crippen molar-refractivity contribution < 1.29 is 4.79 Å². The van der Waals surface area contributed by atoms with Crippen LogP contribution in [0.4, 0.5) is 5.69 Å². The highest BCUT2D eigenvalue weighted by Gasteiger charge is 2.35. The highest BCUT2D eigenvalue weighted by molar-refractivity contribution is 5.51. The lowest BCUT2D eigenvalue weighted by Gasteiger charge is -2.25. The van der Waals surface area contributed by atoms with E-state index < -0.39 is 0 Å². The molecule has 2 fully saturated rings. The Morgan fingerprint density at radius 3 is 2.53 bits per heavy atom. The second kappa shape index (κ2) is 5.18. The van der Waals surface area contributed by atoms with Gasteiger partial charge in [-0.25, -0.2) is 4.79 Å². The fourth-order valence-corrected chi connectivity index (χ4v) is 3.48. The zero-order valence-corrected chi connectivity index (χ0v) is 11.3. The van der Waals surface area contributed by atoms with Crippen LogP contribution in [-0.2, 0) is 10.3 Å². The van der Waals surface area contributed by atoms with E-state index in [1.165, 1.54) is 24.1 Å². The van der Waals surface area contributed by atoms with E-state index in [9.17, 15) is 4.79 Å². The monoisotopic (exact) mass is 256 g/mol. The van der Waals surface area contributed by atoms with Crippen LogP contribution in [0.2, 0.25) is 0 Å². The molecule has 1 saturated carbocycles. The van der Waals surface area contributed by atoms with Gasteiger partial charge < -0.3 is 4.90 Å². The van der Waals surface area contributed by atoms with Crippen LogP contribution in [0.25, 0.3) is 0 Å². The molecule has 0 aromatic heterocycles. The third kappa shape index (κ3) is 2.31. The van der Waals surface area contributed by atoms with Crippen molar-refractivity contribution in [2.75, 3.05) is 18.0 Å². The van der Waals surface area contributed by atoms with Gasteiger partial charge >= 0.3 is 0 Å². The van der Waals surface area contributed by atoms with Crippen molar-refractivity contribution in [3.63, 3.8) is 0 Å². The molecule has 0 unspecified atom stereocenters. The first kappa shape index (κ1) is 12.4. The van der Waals surface area contributed by atoms with Crippen molar-refractivity contribution in [3.8, 4) is 0 Å². The smallest absolute Gasteiger partial charge is 0.235 e. The van der Waals surface area contributed by atoms with Crippen LogP contribution in [0.5, 0.6) is 0 Å². The lowest BCUT2D eigenvalue weighted by atomic mass is 9.88. The van der Waals surface area contributed by atoms with Crippen molar-refractivity contribution in [2.24, 2.45) is 4.99 Å². The summed E-state index contributed by atoms with van der Waals surface area (Å²) in [7, 11) is 0. The SMILES string of the molecule is O=C=NC1(c2cccc(N3CCCC3)c2)CCCC1. The standard InChI is InChI=1S/C16H20N2O/c19-13-17-16(8-1-2-9-16)14-6-5-7-15(12-14)18-10-3-4-11-18/h5-7,12H,1-4,8-11H2. The van der Waals surface area contributed by atoms with Crippen LogP contribution in [0, 0.1) is 0 Å². The molecule has 1 saturated heterocycles. The Morgan fingerprint density at radius 2 is 1.84 bits per heavy atom. The van der Waals surface area contributed by atoms with E-state index in [1.807, 2.05) is 0 Å². The number of hydrogen-bond acceptors (Lipinski definition) is 3. The van der Waals surface area contributed by atoms with Crippen LogP contribution in [0.1, 0.15) is 44.1 Å². The van der Waals surface area contributed by atoms with E-state index in [4.69, 9.17) is 0 Å². The summed E-state index contributed by atoms with van der Waals surface area (Å²) in [5.41, 5.74) is 2.18. The number of anilines is 1. The molecular formula is C16H20N2O. The highest BCUT2D eigenvalue weighted by Crippen LogP contribution is 2.43. The number of rotatable bonds is 3. The molecule has 1 heterocycles. The minimum absolute atomic E-state index is 0.294. The van der Waals surface area contributed by atoms with Gasteiger partial charge in [0.25, 0.3) is 0 Å². The summed E-state index contributed by atoms with van der Waals surface area (Å²) in [6.45, 7) is 2.29. The first-order valence-corrected chi connectivity index (χ1v) is 7.29. The third-order valence-electron chi connectivity index (χ3n) is 4.55. The van der Waals surface area contributed by atoms with Gasteiger partial charge in [0.05, 0.1) is 5.54 Å². The quantitative estimate of drug-likeness (QED) is 0.613. The average Bonchev–Trinajstić information content (AvgIpc) is 3.11. The van der Waals surface area contributed by atoms with Gasteiger partial charge in [-0.05, 0) is 43.4 Å². The van der Waals surface area contributed by atoms with Gasteiger partial charge in [0.15, 0.2) is 0 Å². The second-order valence-corrected chi connectivity index (χ2v) is 5.69. The molecule has 1 aromatic rings. The zero-order chi connectivity index (χ0) is 13.1. The van der Waals surface area contributed by atoms with Crippen molar-refractivity contribution in [3.05, 3.63) is 29.8 Å². The number of isocyanates is 1. The molecule has 0 radical (unpaired) electrons. The normalized spacial score (nSPS) is 21.4. The fraction of sp³-hybridized carbons (Fsp3) is 0.562. The van der Waals surface area contributed by atoms with Gasteiger partial charge in [-0.2, -0.15) is 4.99 Å². The van der Waals surface area contributed by atoms with Crippen molar-refractivity contribution in [2.45, 2.75) is 44.1 Å². The Morgan fingerprint density at radius 1 is 1.11 bits per heavy atom. The van der Waals surface area contributed by atoms with Gasteiger partial charge in [-0.15, -0.1) is 0 Å². The molecule has 0 N–H and O–H groups in total. The topological polar surface area (TPSA) is 32.7 Å². The molecule has 100 valence electrons. The third-order valence-corrected chi connectivity index (χ3v) is 4.55. The molecule has 19 heavy (non-hydrogen) atoms. The summed E-state index contributed by atoms with van der Waals surface area (Å²) in [5, 5.41) is 0. The lowest BCUT2D eigenvalue weighted by molar-refractivity contribution is 0.456. The Balaban J connectivity index is 1.95. The van der Waals surface area contributed by atoms with Crippen LogP contribution < -0.4 is 4.90 Å². The Hall–Kier alpha value is -1.60. The van der Waals surface area contributed by atoms with Crippen molar-refractivity contribution in [1.29, 1.82) is 0 Å². The molecule has 1 aromatic carbocycles. The second-order valence-electron chi connectivity index (χ2n) is 5.69. The van der Waals surface area contributed by atoms with E-state index >= 15 is 0 Å². The molecule has 2 aliphatic rings. The largest absolute Gasteiger partial charge is 0.372 e. The Bertz CT molecular complexity index is 493. The number of hydrogen-bond donors (Lipinski definition) is 0. The van der Waals surface area contributed by atoms with Crippen LogP contribution in [-0.4, -0.2) is 19.2 Å². The maximum absolute atomic E-state index is 10.8. The summed E-state index contributed by atoms with van der Waals surface area (Å²) in [4.78, 5) is 17.4. The van der Waals surface area contributed by atoms with E-state index in [1.54, 1.807) is 6.08 Å². The van der Waals surface area contributed by atoms with Crippen LogP contribution >= 0.6 is 0 Å². The molecule has 3 rings (SSSR count). The molecule has 0 spiro atoms. The van der Waals surface area contributed by atoms with Gasteiger partial charge in [0.2, 0.25) is 6.08 Å². The van der Waals surface area contributed by atoms with Gasteiger partial charge in [-0.3, -0.25) is 0 Å². The van der Waals surface area contributed by atoms with E-state index in [0.29, 0.717) is 0 Å². The molecule has 0 amide bonds. The maximum Gasteiger partial charge on any atom is 0.235 e. The van der Waals surface area contributed by atoms with Crippen molar-refractivity contribution >= 4 is 11.8 Å². The maximum atomic E-state index is 10.8. The van der Waals surface area contributed by atoms with E-state index in [2.05, 4.69) is 34.2 Å². The first-order valence-electron chi connectivity index (χ1n) is 7.29. The molecule has 1 aliphatic heterocycles. The van der Waals surface area contributed by atoms with Gasteiger partial charge in [-0.1, -0.05) is 25.0 Å². The summed E-state index contributed by atoms with van der Waals surface area (Å²) < 4.78 is 0. The molecule has 3 heteroatoms. The zero-order valence-electron chi connectivity index (χ0n) is 11.3. The van der Waals surface area contributed by atoms with Gasteiger partial charge in [0, 0.05) is 18.8 Å². The predicted molar refractivity (Wildman–Crippen MR) is 76.2 cm³/mol. The summed E-state index contributed by atoms with van der Waals surface area (Å²) >= 11 is 0. The Kier molecular flexibility index (Phi) is 3.39. The summed E-state index contributed by atoms with van der Waals surface area (Å²) in [5.74, 6) is 0. The van der Waals surface area contributed by atoms with Crippen LogP contribution in [0.3, 0.4) is 0 Å². The number of carbonyl (C=O) groups excluding carboxylic acids is 1. The first-order chi connectivity index (χ1) is 9.34. The molecule has 1 aliphatic carbocycles. The summed E-state index contributed by atoms with van der Waals surface area (Å²) in [6.07, 6.45) is 8.62. The Labute approximate surface area is 114 Å². The number of aliphatic imine (C=N–C) groups is 1. The minimum atomic E-state index is -0.294. The van der Waals surface area contributed by atoms with Crippen LogP contribution in [0.15, 0.2) is 29.3 Å². The molecule has 0 bridgehead atoms. The molecular weight excluding hydrogens is 236 g/mol. The minimum Gasteiger partial charge on any atom is -0.372 e. The molecule has 0 atom stereocenters. The number of benzene rings is 1. The van der Waals surface area contributed by atoms with E-state index in [-0.39, 0.29) is 5.54 Å². The number of nitrogens with zero attached hydrogens (tertiary/aromatic N) is 2. The predicted octanol–water partition coefficient (Wildman–Crippen LogP) is 3.39.